The summed E-state index contributed by atoms with van der Waals surface area (Å²) in [5, 5.41) is 14.8. The molecule has 0 fully saturated rings. The summed E-state index contributed by atoms with van der Waals surface area (Å²) >= 11 is 1.59. The van der Waals surface area contributed by atoms with Gasteiger partial charge in [-0.1, -0.05) is 66.4 Å². The van der Waals surface area contributed by atoms with Gasteiger partial charge >= 0.3 is 0 Å². The molecule has 0 bridgehead atoms. The van der Waals surface area contributed by atoms with Gasteiger partial charge in [-0.15, -0.1) is 0 Å². The van der Waals surface area contributed by atoms with Crippen LogP contribution in [0.2, 0.25) is 0 Å². The molecule has 4 aromatic carbocycles. The molecule has 0 spiro atoms. The molecule has 0 amide bonds. The molecule has 7 aromatic rings. The maximum atomic E-state index is 10.7. The number of benzene rings is 4. The average Bonchev–Trinajstić information content (AvgIpc) is 3.28. The molecule has 4 nitrogen and oxygen atoms in total. The molecule has 0 saturated carbocycles. The molecule has 0 aliphatic carbocycles. The highest BCUT2D eigenvalue weighted by Crippen LogP contribution is 2.38. The van der Waals surface area contributed by atoms with Crippen LogP contribution in [0.3, 0.4) is 0 Å². The second kappa shape index (κ2) is 9.05. The first kappa shape index (κ1) is 22.6. The minimum Gasteiger partial charge on any atom is -0.506 e. The van der Waals surface area contributed by atoms with E-state index in [4.69, 9.17) is 4.98 Å². The number of aromatic hydroxyl groups is 1. The highest BCUT2D eigenvalue weighted by molar-refractivity contribution is 7.99. The molecule has 1 N–H and O–H groups in total. The van der Waals surface area contributed by atoms with Gasteiger partial charge in [0.15, 0.2) is 0 Å². The Kier molecular flexibility index (Phi) is 5.38. The van der Waals surface area contributed by atoms with Gasteiger partial charge < -0.3 is 5.11 Å². The predicted molar refractivity (Wildman–Crippen MR) is 156 cm³/mol. The maximum absolute atomic E-state index is 10.7. The molecule has 0 atom stereocenters. The number of nitrogens with zero attached hydrogens (tertiary/aromatic N) is 3. The van der Waals surface area contributed by atoms with E-state index in [1.54, 1.807) is 17.8 Å². The average molecular weight is 510 g/mol. The highest BCUT2D eigenvalue weighted by Gasteiger charge is 2.15. The zero-order chi connectivity index (χ0) is 25.6. The summed E-state index contributed by atoms with van der Waals surface area (Å²) in [5.41, 5.74) is 6.16. The van der Waals surface area contributed by atoms with Crippen LogP contribution in [-0.4, -0.2) is 19.6 Å². The number of para-hydroxylation sites is 1. The van der Waals surface area contributed by atoms with Crippen molar-refractivity contribution in [2.24, 2.45) is 0 Å². The zero-order valence-electron chi connectivity index (χ0n) is 20.7. The quantitative estimate of drug-likeness (QED) is 0.258. The summed E-state index contributed by atoms with van der Waals surface area (Å²) in [4.78, 5) is 10.6. The van der Waals surface area contributed by atoms with Crippen LogP contribution in [0.4, 0.5) is 0 Å². The summed E-state index contributed by atoms with van der Waals surface area (Å²) in [6, 6.07) is 37.1. The van der Waals surface area contributed by atoms with Crippen molar-refractivity contribution in [3.8, 4) is 22.7 Å². The van der Waals surface area contributed by atoms with Crippen molar-refractivity contribution in [2.75, 3.05) is 0 Å². The molecule has 0 aliphatic rings. The maximum Gasteiger partial charge on any atom is 0.141 e. The van der Waals surface area contributed by atoms with Gasteiger partial charge in [0.1, 0.15) is 22.1 Å². The number of phenolic OH excluding ortho intramolecular Hbond substituents is 1. The monoisotopic (exact) mass is 509 g/mol. The van der Waals surface area contributed by atoms with Gasteiger partial charge in [0, 0.05) is 27.3 Å². The van der Waals surface area contributed by atoms with E-state index >= 15 is 0 Å². The lowest BCUT2D eigenvalue weighted by Crippen LogP contribution is -1.97. The van der Waals surface area contributed by atoms with Gasteiger partial charge in [0.2, 0.25) is 0 Å². The van der Waals surface area contributed by atoms with Crippen molar-refractivity contribution in [1.82, 2.24) is 14.5 Å². The number of hydrogen-bond acceptors (Lipinski definition) is 4. The highest BCUT2D eigenvalue weighted by atomic mass is 32.2. The second-order valence-corrected chi connectivity index (χ2v) is 10.5. The Morgan fingerprint density at radius 2 is 1.50 bits per heavy atom. The van der Waals surface area contributed by atoms with Crippen LogP contribution in [0.15, 0.2) is 125 Å². The molecule has 3 heterocycles. The van der Waals surface area contributed by atoms with Crippen LogP contribution in [-0.2, 0) is 0 Å². The van der Waals surface area contributed by atoms with Gasteiger partial charge in [-0.25, -0.2) is 9.97 Å². The number of aromatic nitrogens is 3. The first-order valence-corrected chi connectivity index (χ1v) is 13.3. The number of phenols is 1. The number of hydrogen-bond donors (Lipinski definition) is 1. The fourth-order valence-corrected chi connectivity index (χ4v) is 5.96. The molecule has 7 rings (SSSR count). The smallest absolute Gasteiger partial charge is 0.141 e. The predicted octanol–water partition coefficient (Wildman–Crippen LogP) is 8.56. The van der Waals surface area contributed by atoms with Crippen LogP contribution in [0.1, 0.15) is 5.56 Å². The molecular formula is C33H23N3OS. The minimum absolute atomic E-state index is 0.184. The van der Waals surface area contributed by atoms with Crippen LogP contribution < -0.4 is 0 Å². The lowest BCUT2D eigenvalue weighted by atomic mass is 10.0. The number of rotatable bonds is 4. The molecule has 5 heteroatoms. The van der Waals surface area contributed by atoms with Crippen LogP contribution in [0.25, 0.3) is 49.7 Å². The van der Waals surface area contributed by atoms with E-state index < -0.39 is 0 Å². The minimum atomic E-state index is 0.184. The van der Waals surface area contributed by atoms with E-state index in [9.17, 15) is 5.11 Å². The number of pyridine rings is 2. The summed E-state index contributed by atoms with van der Waals surface area (Å²) in [6.45, 7) is 2.09. The van der Waals surface area contributed by atoms with Crippen LogP contribution >= 0.6 is 11.8 Å². The Balaban J connectivity index is 1.34. The van der Waals surface area contributed by atoms with E-state index in [0.717, 1.165) is 43.3 Å². The van der Waals surface area contributed by atoms with Crippen molar-refractivity contribution in [3.05, 3.63) is 121 Å². The summed E-state index contributed by atoms with van der Waals surface area (Å²) in [7, 11) is 0. The fraction of sp³-hybridized carbons (Fsp3) is 0.0303. The Morgan fingerprint density at radius 3 is 2.37 bits per heavy atom. The second-order valence-electron chi connectivity index (χ2n) is 9.37. The van der Waals surface area contributed by atoms with Gasteiger partial charge in [-0.3, -0.25) is 4.57 Å². The van der Waals surface area contributed by atoms with E-state index in [0.29, 0.717) is 5.52 Å². The van der Waals surface area contributed by atoms with E-state index in [1.165, 1.54) is 16.3 Å². The summed E-state index contributed by atoms with van der Waals surface area (Å²) in [6.07, 6.45) is 1.86. The van der Waals surface area contributed by atoms with Gasteiger partial charge in [0.05, 0.1) is 11.0 Å². The third-order valence-electron chi connectivity index (χ3n) is 6.89. The molecule has 182 valence electrons. The number of aryl methyl sites for hydroxylation is 1. The molecule has 0 saturated heterocycles. The van der Waals surface area contributed by atoms with Gasteiger partial charge in [0.25, 0.3) is 0 Å². The van der Waals surface area contributed by atoms with Crippen molar-refractivity contribution >= 4 is 44.5 Å². The van der Waals surface area contributed by atoms with Crippen molar-refractivity contribution in [2.45, 2.75) is 16.8 Å². The Hall–Kier alpha value is -4.61. The lowest BCUT2D eigenvalue weighted by molar-refractivity contribution is 0.480. The lowest BCUT2D eigenvalue weighted by Gasteiger charge is -2.10. The molecule has 0 radical (unpaired) electrons. The standard InChI is InChI=1S/C33H23N3OS/c1-21-17-18-34-31(19-21)36-28-10-6-5-9-25(28)26-12-11-23(20-29(26)36)38-32-16-14-27-24(22-7-3-2-4-8-22)13-15-30(37)33(27)35-32/h2-20,37H,1H3. The Labute approximate surface area is 224 Å². The molecule has 0 aliphatic heterocycles. The third-order valence-corrected chi connectivity index (χ3v) is 7.82. The fourth-order valence-electron chi connectivity index (χ4n) is 5.14. The van der Waals surface area contributed by atoms with E-state index in [1.807, 2.05) is 42.6 Å². The van der Waals surface area contributed by atoms with Crippen molar-refractivity contribution < 1.29 is 5.11 Å². The summed E-state index contributed by atoms with van der Waals surface area (Å²) in [5.74, 6) is 1.09. The van der Waals surface area contributed by atoms with Gasteiger partial charge in [-0.2, -0.15) is 0 Å². The number of fused-ring (bicyclic) bond motifs is 4. The third kappa shape index (κ3) is 3.80. The van der Waals surface area contributed by atoms with Crippen LogP contribution in [0, 0.1) is 6.92 Å². The largest absolute Gasteiger partial charge is 0.506 e. The Bertz CT molecular complexity index is 1980. The molecular weight excluding hydrogens is 486 g/mol. The SMILES string of the molecule is Cc1ccnc(-n2c3ccccc3c3ccc(Sc4ccc5c(-c6ccccc6)ccc(O)c5n4)cc32)c1. The van der Waals surface area contributed by atoms with Gasteiger partial charge in [-0.05, 0) is 78.2 Å². The molecule has 38 heavy (non-hydrogen) atoms. The topological polar surface area (TPSA) is 50.9 Å². The van der Waals surface area contributed by atoms with E-state index in [-0.39, 0.29) is 5.75 Å². The zero-order valence-corrected chi connectivity index (χ0v) is 21.5. The Morgan fingerprint density at radius 1 is 0.711 bits per heavy atom. The first-order chi connectivity index (χ1) is 18.7. The first-order valence-electron chi connectivity index (χ1n) is 12.5. The summed E-state index contributed by atoms with van der Waals surface area (Å²) < 4.78 is 2.23. The van der Waals surface area contributed by atoms with E-state index in [2.05, 4.69) is 83.2 Å². The molecule has 3 aromatic heterocycles. The molecule has 0 unspecified atom stereocenters. The van der Waals surface area contributed by atoms with Crippen molar-refractivity contribution in [3.63, 3.8) is 0 Å². The van der Waals surface area contributed by atoms with Crippen molar-refractivity contribution in [1.29, 1.82) is 0 Å². The normalized spacial score (nSPS) is 11.5. The van der Waals surface area contributed by atoms with Crippen LogP contribution in [0.5, 0.6) is 5.75 Å².